The van der Waals surface area contributed by atoms with E-state index in [1.54, 1.807) is 30.3 Å². The lowest BCUT2D eigenvalue weighted by molar-refractivity contribution is 0.414. The van der Waals surface area contributed by atoms with Crippen molar-refractivity contribution in [2.75, 3.05) is 0 Å². The number of nitrogens with zero attached hydrogens (tertiary/aromatic N) is 2. The van der Waals surface area contributed by atoms with Gasteiger partial charge in [-0.2, -0.15) is 13.5 Å². The first-order chi connectivity index (χ1) is 8.57. The molecule has 0 aliphatic rings. The third kappa shape index (κ3) is 2.99. The Hall–Kier alpha value is -2.05. The number of hydrogen-bond acceptors (Lipinski definition) is 4. The molecule has 0 N–H and O–H groups in total. The zero-order chi connectivity index (χ0) is 13.0. The van der Waals surface area contributed by atoms with Crippen molar-refractivity contribution in [1.82, 2.24) is 0 Å². The predicted molar refractivity (Wildman–Crippen MR) is 64.9 cm³/mol. The van der Waals surface area contributed by atoms with Gasteiger partial charge in [-0.25, -0.2) is 0 Å². The SMILES string of the molecule is [O]S(=O)(=O)c1ccccc1/N=N/c1ccccc1. The topological polar surface area (TPSA) is 78.8 Å². The molecule has 0 aliphatic carbocycles. The first-order valence-electron chi connectivity index (χ1n) is 5.09. The van der Waals surface area contributed by atoms with Crippen molar-refractivity contribution in [3.63, 3.8) is 0 Å². The molecule has 0 spiro atoms. The molecule has 1 radical (unpaired) electrons. The van der Waals surface area contributed by atoms with Gasteiger partial charge in [0, 0.05) is 0 Å². The molecule has 2 aromatic rings. The van der Waals surface area contributed by atoms with E-state index in [0.717, 1.165) is 0 Å². The summed E-state index contributed by atoms with van der Waals surface area (Å²) in [4.78, 5) is -0.371. The molecule has 0 aliphatic heterocycles. The van der Waals surface area contributed by atoms with Gasteiger partial charge in [0.15, 0.2) is 0 Å². The minimum atomic E-state index is -4.54. The lowest BCUT2D eigenvalue weighted by Crippen LogP contribution is -1.95. The van der Waals surface area contributed by atoms with Crippen LogP contribution >= 0.6 is 0 Å². The highest BCUT2D eigenvalue weighted by Crippen LogP contribution is 2.25. The van der Waals surface area contributed by atoms with Crippen molar-refractivity contribution >= 4 is 21.5 Å². The number of hydrogen-bond donors (Lipinski definition) is 0. The van der Waals surface area contributed by atoms with Crippen molar-refractivity contribution < 1.29 is 13.0 Å². The Morgan fingerprint density at radius 3 is 2.06 bits per heavy atom. The van der Waals surface area contributed by atoms with E-state index in [4.69, 9.17) is 0 Å². The Morgan fingerprint density at radius 2 is 1.39 bits per heavy atom. The Kier molecular flexibility index (Phi) is 3.50. The standard InChI is InChI=1S/C12H9N2O3S/c15-18(16,17)12-9-5-4-8-11(12)14-13-10-6-2-1-3-7-10/h1-9H/b14-13+. The molecular formula is C12H9N2O3S. The fraction of sp³-hybridized carbons (Fsp3) is 0. The Balaban J connectivity index is 2.39. The minimum Gasteiger partial charge on any atom is -0.191 e. The highest BCUT2D eigenvalue weighted by molar-refractivity contribution is 7.85. The summed E-state index contributed by atoms with van der Waals surface area (Å²) >= 11 is 0. The fourth-order valence-corrected chi connectivity index (χ4v) is 1.97. The van der Waals surface area contributed by atoms with Crippen molar-refractivity contribution in [3.8, 4) is 0 Å². The first kappa shape index (κ1) is 12.4. The molecule has 0 saturated carbocycles. The van der Waals surface area contributed by atoms with Crippen LogP contribution in [0.15, 0.2) is 69.7 Å². The molecular weight excluding hydrogens is 252 g/mol. The highest BCUT2D eigenvalue weighted by Gasteiger charge is 2.16. The van der Waals surface area contributed by atoms with Gasteiger partial charge in [-0.15, -0.1) is 5.11 Å². The summed E-state index contributed by atoms with van der Waals surface area (Å²) < 4.78 is 33.0. The molecule has 18 heavy (non-hydrogen) atoms. The Labute approximate surface area is 105 Å². The van der Waals surface area contributed by atoms with Crippen LogP contribution in [0, 0.1) is 0 Å². The van der Waals surface area contributed by atoms with Gasteiger partial charge in [0.2, 0.25) is 0 Å². The molecule has 0 bridgehead atoms. The third-order valence-corrected chi connectivity index (χ3v) is 3.05. The van der Waals surface area contributed by atoms with E-state index in [1.807, 2.05) is 6.07 Å². The Morgan fingerprint density at radius 1 is 0.778 bits per heavy atom. The van der Waals surface area contributed by atoms with Gasteiger partial charge in [-0.3, -0.25) is 0 Å². The zero-order valence-electron chi connectivity index (χ0n) is 9.22. The van der Waals surface area contributed by atoms with Gasteiger partial charge in [0.25, 0.3) is 0 Å². The smallest absolute Gasteiger partial charge is 0.191 e. The van der Waals surface area contributed by atoms with Gasteiger partial charge in [-0.05, 0) is 24.3 Å². The van der Waals surface area contributed by atoms with Gasteiger partial charge in [0.1, 0.15) is 10.6 Å². The van der Waals surface area contributed by atoms with E-state index in [-0.39, 0.29) is 10.6 Å². The second-order valence-electron chi connectivity index (χ2n) is 3.46. The van der Waals surface area contributed by atoms with Crippen LogP contribution in [-0.2, 0) is 14.7 Å². The maximum Gasteiger partial charge on any atom is 0.326 e. The van der Waals surface area contributed by atoms with Gasteiger partial charge in [0.05, 0.1) is 5.69 Å². The van der Waals surface area contributed by atoms with Gasteiger partial charge < -0.3 is 0 Å². The average molecular weight is 261 g/mol. The van der Waals surface area contributed by atoms with E-state index >= 15 is 0 Å². The molecule has 0 heterocycles. The average Bonchev–Trinajstić information content (AvgIpc) is 2.37. The van der Waals surface area contributed by atoms with E-state index in [9.17, 15) is 13.0 Å². The number of azo groups is 1. The minimum absolute atomic E-state index is 0.0383. The highest BCUT2D eigenvalue weighted by atomic mass is 32.2. The maximum atomic E-state index is 11.0. The zero-order valence-corrected chi connectivity index (χ0v) is 10.0. The van der Waals surface area contributed by atoms with Crippen LogP contribution in [0.25, 0.3) is 0 Å². The van der Waals surface area contributed by atoms with Gasteiger partial charge >= 0.3 is 10.1 Å². The fourth-order valence-electron chi connectivity index (χ4n) is 1.36. The summed E-state index contributed by atoms with van der Waals surface area (Å²) in [5.41, 5.74) is 0.618. The summed E-state index contributed by atoms with van der Waals surface area (Å²) in [6.07, 6.45) is 0. The van der Waals surface area contributed by atoms with E-state index in [1.165, 1.54) is 18.2 Å². The molecule has 5 nitrogen and oxygen atoms in total. The molecule has 0 fully saturated rings. The van der Waals surface area contributed by atoms with Crippen molar-refractivity contribution in [2.24, 2.45) is 10.2 Å². The predicted octanol–water partition coefficient (Wildman–Crippen LogP) is 3.22. The monoisotopic (exact) mass is 261 g/mol. The normalized spacial score (nSPS) is 11.8. The van der Waals surface area contributed by atoms with Crippen molar-refractivity contribution in [1.29, 1.82) is 0 Å². The number of rotatable bonds is 3. The van der Waals surface area contributed by atoms with Crippen molar-refractivity contribution in [3.05, 3.63) is 54.6 Å². The molecule has 91 valence electrons. The van der Waals surface area contributed by atoms with Crippen LogP contribution in [0.2, 0.25) is 0 Å². The summed E-state index contributed by atoms with van der Waals surface area (Å²) in [5.74, 6) is 0. The summed E-state index contributed by atoms with van der Waals surface area (Å²) in [6.45, 7) is 0. The second kappa shape index (κ2) is 5.07. The lowest BCUT2D eigenvalue weighted by atomic mass is 10.3. The molecule has 0 atom stereocenters. The third-order valence-electron chi connectivity index (χ3n) is 2.16. The summed E-state index contributed by atoms with van der Waals surface area (Å²) in [7, 11) is -4.54. The van der Waals surface area contributed by atoms with E-state index < -0.39 is 10.1 Å². The molecule has 2 rings (SSSR count). The van der Waals surface area contributed by atoms with Crippen LogP contribution in [0.4, 0.5) is 11.4 Å². The van der Waals surface area contributed by atoms with Crippen LogP contribution in [0.1, 0.15) is 0 Å². The van der Waals surface area contributed by atoms with Crippen LogP contribution in [0.3, 0.4) is 0 Å². The lowest BCUT2D eigenvalue weighted by Gasteiger charge is -1.98. The van der Waals surface area contributed by atoms with E-state index in [0.29, 0.717) is 5.69 Å². The molecule has 2 aromatic carbocycles. The Bertz CT molecular complexity index is 667. The molecule has 0 amide bonds. The quantitative estimate of drug-likeness (QED) is 0.795. The maximum absolute atomic E-state index is 11.0. The molecule has 6 heteroatoms. The van der Waals surface area contributed by atoms with Gasteiger partial charge in [-0.1, -0.05) is 34.9 Å². The van der Waals surface area contributed by atoms with E-state index in [2.05, 4.69) is 10.2 Å². The largest absolute Gasteiger partial charge is 0.326 e. The van der Waals surface area contributed by atoms with Crippen LogP contribution < -0.4 is 0 Å². The van der Waals surface area contributed by atoms with Crippen LogP contribution in [0.5, 0.6) is 0 Å². The number of benzene rings is 2. The molecule has 0 saturated heterocycles. The molecule has 0 aromatic heterocycles. The molecule has 0 unspecified atom stereocenters. The van der Waals surface area contributed by atoms with Crippen molar-refractivity contribution in [2.45, 2.75) is 4.90 Å². The summed E-state index contributed by atoms with van der Waals surface area (Å²) in [6, 6.07) is 14.5. The summed E-state index contributed by atoms with van der Waals surface area (Å²) in [5, 5.41) is 7.66. The second-order valence-corrected chi connectivity index (χ2v) is 4.81. The van der Waals surface area contributed by atoms with Crippen LogP contribution in [-0.4, -0.2) is 8.42 Å². The first-order valence-corrected chi connectivity index (χ1v) is 6.50.